The quantitative estimate of drug-likeness (QED) is 0.360. The summed E-state index contributed by atoms with van der Waals surface area (Å²) < 4.78 is 22.7. The molecule has 0 aliphatic carbocycles. The summed E-state index contributed by atoms with van der Waals surface area (Å²) >= 11 is 0. The molecule has 2 fully saturated rings. The van der Waals surface area contributed by atoms with E-state index >= 15 is 0 Å². The number of rotatable bonds is 13. The van der Waals surface area contributed by atoms with Crippen molar-refractivity contribution < 1.29 is 33.6 Å². The third-order valence-electron chi connectivity index (χ3n) is 7.70. The minimum absolute atomic E-state index is 0.0410. The highest BCUT2D eigenvalue weighted by Gasteiger charge is 2.37. The molecular formula is C32H45N3O7. The molecule has 10 nitrogen and oxygen atoms in total. The predicted molar refractivity (Wildman–Crippen MR) is 159 cm³/mol. The zero-order valence-electron chi connectivity index (χ0n) is 25.0. The van der Waals surface area contributed by atoms with Crippen LogP contribution in [0.2, 0.25) is 0 Å². The van der Waals surface area contributed by atoms with Crippen LogP contribution in [-0.2, 0) is 20.9 Å². The minimum Gasteiger partial charge on any atom is -0.493 e. The largest absolute Gasteiger partial charge is 0.493 e. The van der Waals surface area contributed by atoms with Crippen LogP contribution < -0.4 is 14.2 Å². The van der Waals surface area contributed by atoms with Crippen molar-refractivity contribution in [2.75, 3.05) is 73.3 Å². The Kier molecular flexibility index (Phi) is 11.9. The van der Waals surface area contributed by atoms with Crippen LogP contribution in [0.3, 0.4) is 0 Å². The van der Waals surface area contributed by atoms with E-state index in [1.807, 2.05) is 53.4 Å². The standard InChI is InChI=1S/C32H45N3O7/c1-39-22-31(37)35-18-17-33(23-32(38,24-35)25-42-27-10-5-3-6-11-27)21-26-13-14-28(40-2)29(20-26)41-19-9-16-34-15-8-4-7-12-30(34)36/h3,5-6,10-11,13-14,20,38H,4,7-9,12,15-19,21-25H2,1-2H3/t32-/m1/s1. The molecule has 0 radical (unpaired) electrons. The van der Waals surface area contributed by atoms with Crippen molar-refractivity contribution in [3.63, 3.8) is 0 Å². The summed E-state index contributed by atoms with van der Waals surface area (Å²) in [6.45, 7) is 4.04. The molecule has 0 spiro atoms. The van der Waals surface area contributed by atoms with Crippen molar-refractivity contribution in [3.05, 3.63) is 54.1 Å². The van der Waals surface area contributed by atoms with Crippen molar-refractivity contribution in [2.24, 2.45) is 0 Å². The summed E-state index contributed by atoms with van der Waals surface area (Å²) in [4.78, 5) is 30.8. The number of nitrogens with zero attached hydrogens (tertiary/aromatic N) is 3. The highest BCUT2D eigenvalue weighted by Crippen LogP contribution is 2.29. The van der Waals surface area contributed by atoms with E-state index in [0.29, 0.717) is 63.0 Å². The average molecular weight is 584 g/mol. The fourth-order valence-electron chi connectivity index (χ4n) is 5.53. The van der Waals surface area contributed by atoms with Gasteiger partial charge in [0.2, 0.25) is 11.8 Å². The molecule has 0 unspecified atom stereocenters. The molecule has 0 aromatic heterocycles. The maximum atomic E-state index is 12.7. The lowest BCUT2D eigenvalue weighted by atomic mass is 10.0. The number of benzene rings is 2. The van der Waals surface area contributed by atoms with Crippen molar-refractivity contribution in [3.8, 4) is 17.2 Å². The number of β-amino-alcohol motifs (C(OH)–C–C–N with tert-alkyl or cyclic N) is 1. The second-order valence-electron chi connectivity index (χ2n) is 11.2. The Hall–Kier alpha value is -3.34. The molecule has 0 saturated carbocycles. The van der Waals surface area contributed by atoms with Gasteiger partial charge in [-0.1, -0.05) is 30.7 Å². The third-order valence-corrected chi connectivity index (χ3v) is 7.70. The number of para-hydroxylation sites is 1. The summed E-state index contributed by atoms with van der Waals surface area (Å²) in [5.74, 6) is 2.02. The van der Waals surface area contributed by atoms with Crippen LogP contribution in [-0.4, -0.2) is 111 Å². The normalized spacial score (nSPS) is 20.1. The van der Waals surface area contributed by atoms with Crippen LogP contribution in [0, 0.1) is 0 Å². The summed E-state index contributed by atoms with van der Waals surface area (Å²) in [6.07, 6.45) is 4.53. The van der Waals surface area contributed by atoms with Gasteiger partial charge < -0.3 is 33.9 Å². The Morgan fingerprint density at radius 2 is 1.79 bits per heavy atom. The van der Waals surface area contributed by atoms with Crippen LogP contribution in [0.5, 0.6) is 17.2 Å². The molecule has 2 heterocycles. The van der Waals surface area contributed by atoms with E-state index in [0.717, 1.165) is 37.8 Å². The van der Waals surface area contributed by atoms with Gasteiger partial charge in [-0.25, -0.2) is 0 Å². The zero-order chi connectivity index (χ0) is 29.8. The fourth-order valence-corrected chi connectivity index (χ4v) is 5.53. The smallest absolute Gasteiger partial charge is 0.248 e. The fraction of sp³-hybridized carbons (Fsp3) is 0.562. The van der Waals surface area contributed by atoms with Gasteiger partial charge in [-0.15, -0.1) is 0 Å². The number of methoxy groups -OCH3 is 2. The Morgan fingerprint density at radius 3 is 2.57 bits per heavy atom. The van der Waals surface area contributed by atoms with E-state index in [1.165, 1.54) is 7.11 Å². The molecule has 2 aliphatic heterocycles. The van der Waals surface area contributed by atoms with Crippen molar-refractivity contribution in [2.45, 2.75) is 44.2 Å². The lowest BCUT2D eigenvalue weighted by Crippen LogP contribution is -2.52. The minimum atomic E-state index is -1.29. The van der Waals surface area contributed by atoms with E-state index in [1.54, 1.807) is 12.0 Å². The molecule has 10 heteroatoms. The predicted octanol–water partition coefficient (Wildman–Crippen LogP) is 2.97. The first-order valence-corrected chi connectivity index (χ1v) is 14.9. The molecule has 1 N–H and O–H groups in total. The first-order valence-electron chi connectivity index (χ1n) is 14.9. The van der Waals surface area contributed by atoms with Gasteiger partial charge in [-0.2, -0.15) is 0 Å². The molecule has 230 valence electrons. The monoisotopic (exact) mass is 583 g/mol. The molecule has 2 aliphatic rings. The van der Waals surface area contributed by atoms with Crippen LogP contribution in [0.25, 0.3) is 0 Å². The average Bonchev–Trinajstić information content (AvgIpc) is 3.30. The Labute approximate surface area is 249 Å². The van der Waals surface area contributed by atoms with Gasteiger partial charge in [0.25, 0.3) is 0 Å². The molecule has 1 atom stereocenters. The van der Waals surface area contributed by atoms with E-state index in [-0.39, 0.29) is 31.6 Å². The summed E-state index contributed by atoms with van der Waals surface area (Å²) in [5.41, 5.74) is -0.289. The number of aliphatic hydroxyl groups is 1. The molecule has 0 bridgehead atoms. The van der Waals surface area contributed by atoms with Gasteiger partial charge in [-0.3, -0.25) is 14.5 Å². The number of amides is 2. The number of hydrogen-bond donors (Lipinski definition) is 1. The van der Waals surface area contributed by atoms with E-state index in [4.69, 9.17) is 18.9 Å². The van der Waals surface area contributed by atoms with Crippen LogP contribution in [0.4, 0.5) is 0 Å². The van der Waals surface area contributed by atoms with Gasteiger partial charge >= 0.3 is 0 Å². The number of hydrogen-bond acceptors (Lipinski definition) is 8. The molecule has 2 aromatic rings. The van der Waals surface area contributed by atoms with E-state index in [9.17, 15) is 14.7 Å². The topological polar surface area (TPSA) is 101 Å². The molecule has 2 saturated heterocycles. The van der Waals surface area contributed by atoms with Gasteiger partial charge in [0.05, 0.1) is 20.3 Å². The van der Waals surface area contributed by atoms with Crippen LogP contribution in [0.15, 0.2) is 48.5 Å². The molecule has 2 amide bonds. The molecule has 2 aromatic carbocycles. The van der Waals surface area contributed by atoms with Gasteiger partial charge in [0, 0.05) is 52.8 Å². The van der Waals surface area contributed by atoms with Crippen molar-refractivity contribution >= 4 is 11.8 Å². The van der Waals surface area contributed by atoms with Gasteiger partial charge in [0.1, 0.15) is 24.6 Å². The van der Waals surface area contributed by atoms with E-state index in [2.05, 4.69) is 4.90 Å². The second-order valence-corrected chi connectivity index (χ2v) is 11.2. The Balaban J connectivity index is 1.40. The maximum Gasteiger partial charge on any atom is 0.248 e. The lowest BCUT2D eigenvalue weighted by Gasteiger charge is -2.33. The molecule has 42 heavy (non-hydrogen) atoms. The van der Waals surface area contributed by atoms with Gasteiger partial charge in [0.15, 0.2) is 11.5 Å². The maximum absolute atomic E-state index is 12.7. The third kappa shape index (κ3) is 9.34. The van der Waals surface area contributed by atoms with Crippen LogP contribution in [0.1, 0.15) is 37.7 Å². The first-order chi connectivity index (χ1) is 20.4. The molecule has 4 rings (SSSR count). The number of likely N-dealkylation sites (tertiary alicyclic amines) is 1. The van der Waals surface area contributed by atoms with Crippen molar-refractivity contribution in [1.82, 2.24) is 14.7 Å². The SMILES string of the molecule is COCC(=O)N1CCN(Cc2ccc(OC)c(OCCCN3CCCCCC3=O)c2)C[C@](O)(COc2ccccc2)C1. The van der Waals surface area contributed by atoms with E-state index < -0.39 is 5.60 Å². The second kappa shape index (κ2) is 15.8. The highest BCUT2D eigenvalue weighted by molar-refractivity contribution is 5.77. The first kappa shape index (κ1) is 31.6. The summed E-state index contributed by atoms with van der Waals surface area (Å²) in [7, 11) is 3.11. The summed E-state index contributed by atoms with van der Waals surface area (Å²) in [5, 5.41) is 11.7. The van der Waals surface area contributed by atoms with Crippen LogP contribution >= 0.6 is 0 Å². The lowest BCUT2D eigenvalue weighted by molar-refractivity contribution is -0.138. The molecular weight excluding hydrogens is 538 g/mol. The van der Waals surface area contributed by atoms with Gasteiger partial charge in [-0.05, 0) is 49.1 Å². The zero-order valence-corrected chi connectivity index (χ0v) is 25.0. The Morgan fingerprint density at radius 1 is 0.952 bits per heavy atom. The summed E-state index contributed by atoms with van der Waals surface area (Å²) in [6, 6.07) is 15.2. The number of carbonyl (C=O) groups is 2. The Bertz CT molecular complexity index is 1150. The highest BCUT2D eigenvalue weighted by atomic mass is 16.5. The number of ether oxygens (including phenoxy) is 4. The number of carbonyl (C=O) groups excluding carboxylic acids is 2. The van der Waals surface area contributed by atoms with Crippen molar-refractivity contribution in [1.29, 1.82) is 0 Å².